The molecule has 2 aromatic rings. The first-order valence-corrected chi connectivity index (χ1v) is 12.5. The fraction of sp³-hybridized carbons (Fsp3) is 0.542. The maximum absolute atomic E-state index is 10.6. The molecule has 15 heteroatoms. The van der Waals surface area contributed by atoms with Crippen LogP contribution in [0.2, 0.25) is 0 Å². The highest BCUT2D eigenvalue weighted by Gasteiger charge is 2.42. The number of piperidine rings is 1. The van der Waals surface area contributed by atoms with Gasteiger partial charge in [0.2, 0.25) is 0 Å². The highest BCUT2D eigenvalue weighted by atomic mass is 32.1. The van der Waals surface area contributed by atoms with Crippen LogP contribution in [-0.2, 0) is 32.2 Å². The van der Waals surface area contributed by atoms with E-state index in [4.69, 9.17) is 29.3 Å². The molecule has 1 unspecified atom stereocenters. The number of carboxylic acids is 2. The lowest BCUT2D eigenvalue weighted by atomic mass is 9.76. The standard InChI is InChI=1S/C20H26N2O2S.2C2HF3O2/c1-2-8-21-17(4-1)14-23-15-18-12-20(16-24-18)6-9-22(10-7-20)13-19-5-3-11-25-19;2*3-2(4,5)1(6)7/h1-5,8,11,18H,6-7,9-10,12-16H2;2*(H,6,7). The molecule has 0 saturated carbocycles. The Morgan fingerprint density at radius 3 is 2.15 bits per heavy atom. The van der Waals surface area contributed by atoms with E-state index >= 15 is 0 Å². The van der Waals surface area contributed by atoms with Gasteiger partial charge in [0, 0.05) is 17.6 Å². The molecule has 0 aliphatic carbocycles. The lowest BCUT2D eigenvalue weighted by Gasteiger charge is -2.38. The number of aromatic nitrogens is 1. The van der Waals surface area contributed by atoms with Crippen molar-refractivity contribution < 1.29 is 55.6 Å². The number of likely N-dealkylation sites (tertiary alicyclic amines) is 1. The first kappa shape index (κ1) is 32.5. The lowest BCUT2D eigenvalue weighted by Crippen LogP contribution is -2.40. The second kappa shape index (κ2) is 14.6. The molecule has 0 aromatic carbocycles. The normalized spacial score (nSPS) is 19.0. The van der Waals surface area contributed by atoms with E-state index in [0.29, 0.717) is 18.6 Å². The van der Waals surface area contributed by atoms with Crippen LogP contribution in [0, 0.1) is 5.41 Å². The number of nitrogens with zero attached hydrogens (tertiary/aromatic N) is 2. The zero-order chi connectivity index (χ0) is 29.1. The largest absolute Gasteiger partial charge is 0.490 e. The Morgan fingerprint density at radius 2 is 1.67 bits per heavy atom. The Bertz CT molecular complexity index is 988. The van der Waals surface area contributed by atoms with Crippen LogP contribution in [0.3, 0.4) is 0 Å². The molecule has 2 aromatic heterocycles. The van der Waals surface area contributed by atoms with E-state index in [1.165, 1.54) is 30.8 Å². The van der Waals surface area contributed by atoms with Crippen molar-refractivity contribution in [2.75, 3.05) is 26.3 Å². The molecule has 2 fully saturated rings. The molecule has 2 saturated heterocycles. The van der Waals surface area contributed by atoms with E-state index in [9.17, 15) is 26.3 Å². The first-order chi connectivity index (χ1) is 18.2. The zero-order valence-electron chi connectivity index (χ0n) is 20.6. The highest BCUT2D eigenvalue weighted by Crippen LogP contribution is 2.42. The van der Waals surface area contributed by atoms with E-state index in [1.54, 1.807) is 0 Å². The van der Waals surface area contributed by atoms with E-state index in [1.807, 2.05) is 35.7 Å². The summed E-state index contributed by atoms with van der Waals surface area (Å²) in [6.07, 6.45) is -4.48. The van der Waals surface area contributed by atoms with Crippen molar-refractivity contribution >= 4 is 23.3 Å². The molecule has 2 N–H and O–H groups in total. The topological polar surface area (TPSA) is 109 Å². The minimum atomic E-state index is -5.08. The molecule has 1 spiro atoms. The number of carboxylic acid groups (broad SMARTS) is 2. The Morgan fingerprint density at radius 1 is 1.05 bits per heavy atom. The third-order valence-corrected chi connectivity index (χ3v) is 6.79. The van der Waals surface area contributed by atoms with Crippen molar-refractivity contribution in [3.8, 4) is 0 Å². The van der Waals surface area contributed by atoms with Gasteiger partial charge in [-0.3, -0.25) is 9.88 Å². The molecule has 218 valence electrons. The molecule has 0 bridgehead atoms. The van der Waals surface area contributed by atoms with Crippen molar-refractivity contribution in [3.63, 3.8) is 0 Å². The number of ether oxygens (including phenoxy) is 2. The number of pyridine rings is 1. The maximum Gasteiger partial charge on any atom is 0.490 e. The number of alkyl halides is 6. The Hall–Kier alpha value is -2.75. The van der Waals surface area contributed by atoms with Crippen molar-refractivity contribution in [1.82, 2.24) is 9.88 Å². The van der Waals surface area contributed by atoms with Gasteiger partial charge in [-0.2, -0.15) is 26.3 Å². The summed E-state index contributed by atoms with van der Waals surface area (Å²) in [5, 5.41) is 16.4. The summed E-state index contributed by atoms with van der Waals surface area (Å²) in [6.45, 7) is 5.62. The van der Waals surface area contributed by atoms with Gasteiger partial charge in [-0.25, -0.2) is 9.59 Å². The Labute approximate surface area is 224 Å². The predicted octanol–water partition coefficient (Wildman–Crippen LogP) is 5.00. The number of halogens is 6. The van der Waals surface area contributed by atoms with Crippen LogP contribution in [0.1, 0.15) is 29.8 Å². The zero-order valence-corrected chi connectivity index (χ0v) is 21.4. The monoisotopic (exact) mass is 586 g/mol. The van der Waals surface area contributed by atoms with Crippen LogP contribution >= 0.6 is 11.3 Å². The number of hydrogen-bond acceptors (Lipinski definition) is 7. The van der Waals surface area contributed by atoms with Gasteiger partial charge in [-0.1, -0.05) is 12.1 Å². The average Bonchev–Trinajstić information content (AvgIpc) is 3.51. The molecule has 2 aliphatic rings. The molecular formula is C24H28F6N2O6S. The number of aliphatic carboxylic acids is 2. The van der Waals surface area contributed by atoms with E-state index in [2.05, 4.69) is 27.4 Å². The molecule has 0 amide bonds. The fourth-order valence-electron chi connectivity index (χ4n) is 3.94. The highest BCUT2D eigenvalue weighted by molar-refractivity contribution is 7.09. The minimum absolute atomic E-state index is 0.243. The van der Waals surface area contributed by atoms with Gasteiger partial charge in [0.15, 0.2) is 0 Å². The van der Waals surface area contributed by atoms with Crippen molar-refractivity contribution in [2.24, 2.45) is 5.41 Å². The van der Waals surface area contributed by atoms with E-state index in [-0.39, 0.29) is 6.10 Å². The molecule has 39 heavy (non-hydrogen) atoms. The van der Waals surface area contributed by atoms with Crippen LogP contribution in [0.5, 0.6) is 0 Å². The van der Waals surface area contributed by atoms with Crippen LogP contribution in [0.15, 0.2) is 41.9 Å². The van der Waals surface area contributed by atoms with Crippen molar-refractivity contribution in [2.45, 2.75) is 50.9 Å². The second-order valence-corrected chi connectivity index (χ2v) is 9.97. The van der Waals surface area contributed by atoms with Gasteiger partial charge in [-0.15, -0.1) is 11.3 Å². The number of carbonyl (C=O) groups is 2. The fourth-order valence-corrected chi connectivity index (χ4v) is 4.68. The summed E-state index contributed by atoms with van der Waals surface area (Å²) in [5.74, 6) is -5.51. The van der Waals surface area contributed by atoms with Crippen LogP contribution in [-0.4, -0.2) is 76.8 Å². The predicted molar refractivity (Wildman–Crippen MR) is 127 cm³/mol. The lowest BCUT2D eigenvalue weighted by molar-refractivity contribution is -0.193. The van der Waals surface area contributed by atoms with Crippen molar-refractivity contribution in [3.05, 3.63) is 52.5 Å². The van der Waals surface area contributed by atoms with Gasteiger partial charge in [0.1, 0.15) is 0 Å². The smallest absolute Gasteiger partial charge is 0.475 e. The third kappa shape index (κ3) is 11.9. The summed E-state index contributed by atoms with van der Waals surface area (Å²) in [6, 6.07) is 10.3. The SMILES string of the molecule is O=C(O)C(F)(F)F.O=C(O)C(F)(F)F.c1ccc(COCC2CC3(CCN(Cc4cccs4)CC3)CO2)nc1. The third-order valence-electron chi connectivity index (χ3n) is 5.93. The quantitative estimate of drug-likeness (QED) is 0.456. The van der Waals surface area contributed by atoms with Gasteiger partial charge in [-0.05, 0) is 61.3 Å². The number of hydrogen-bond donors (Lipinski definition) is 2. The molecule has 4 rings (SSSR count). The van der Waals surface area contributed by atoms with E-state index in [0.717, 1.165) is 25.3 Å². The van der Waals surface area contributed by atoms with Gasteiger partial charge >= 0.3 is 24.3 Å². The summed E-state index contributed by atoms with van der Waals surface area (Å²) >= 11 is 1.86. The maximum atomic E-state index is 10.6. The van der Waals surface area contributed by atoms with Gasteiger partial charge < -0.3 is 19.7 Å². The molecule has 0 radical (unpaired) electrons. The van der Waals surface area contributed by atoms with Gasteiger partial charge in [0.05, 0.1) is 31.6 Å². The Kier molecular flexibility index (Phi) is 12.1. The minimum Gasteiger partial charge on any atom is -0.475 e. The average molecular weight is 587 g/mol. The van der Waals surface area contributed by atoms with Crippen molar-refractivity contribution in [1.29, 1.82) is 0 Å². The summed E-state index contributed by atoms with van der Waals surface area (Å²) in [4.78, 5) is 26.1. The van der Waals surface area contributed by atoms with Gasteiger partial charge in [0.25, 0.3) is 0 Å². The summed E-state index contributed by atoms with van der Waals surface area (Å²) in [7, 11) is 0. The summed E-state index contributed by atoms with van der Waals surface area (Å²) in [5.41, 5.74) is 1.36. The number of thiophene rings is 1. The Balaban J connectivity index is 0.000000317. The van der Waals surface area contributed by atoms with E-state index < -0.39 is 24.3 Å². The van der Waals surface area contributed by atoms with Crippen LogP contribution in [0.25, 0.3) is 0 Å². The molecular weight excluding hydrogens is 558 g/mol. The summed E-state index contributed by atoms with van der Waals surface area (Å²) < 4.78 is 75.4. The number of rotatable bonds is 6. The van der Waals surface area contributed by atoms with Crippen LogP contribution < -0.4 is 0 Å². The van der Waals surface area contributed by atoms with Crippen LogP contribution in [0.4, 0.5) is 26.3 Å². The molecule has 4 heterocycles. The first-order valence-electron chi connectivity index (χ1n) is 11.6. The molecule has 8 nitrogen and oxygen atoms in total. The molecule has 2 aliphatic heterocycles. The second-order valence-electron chi connectivity index (χ2n) is 8.93. The molecule has 1 atom stereocenters.